The lowest BCUT2D eigenvalue weighted by atomic mass is 9.88. The van der Waals surface area contributed by atoms with Crippen molar-refractivity contribution in [2.75, 3.05) is 20.8 Å². The number of hydrogen-bond acceptors (Lipinski definition) is 6. The molecule has 0 bridgehead atoms. The van der Waals surface area contributed by atoms with Gasteiger partial charge in [-0.3, -0.25) is 4.79 Å². The minimum Gasteiger partial charge on any atom is -0.493 e. The van der Waals surface area contributed by atoms with E-state index < -0.39 is 0 Å². The lowest BCUT2D eigenvalue weighted by Gasteiger charge is -2.23. The van der Waals surface area contributed by atoms with Crippen molar-refractivity contribution in [2.45, 2.75) is 58.8 Å². The molecule has 36 heavy (non-hydrogen) atoms. The smallest absolute Gasteiger partial charge is 0.282 e. The van der Waals surface area contributed by atoms with Gasteiger partial charge in [0.1, 0.15) is 5.82 Å². The third-order valence-electron chi connectivity index (χ3n) is 6.26. The fourth-order valence-electron chi connectivity index (χ4n) is 4.43. The van der Waals surface area contributed by atoms with E-state index in [0.29, 0.717) is 34.8 Å². The third kappa shape index (κ3) is 5.91. The highest BCUT2D eigenvalue weighted by molar-refractivity contribution is 9.10. The minimum absolute atomic E-state index is 0.0229. The summed E-state index contributed by atoms with van der Waals surface area (Å²) in [7, 11) is 3.19. The first-order chi connectivity index (χ1) is 17.2. The molecule has 1 heterocycles. The highest BCUT2D eigenvalue weighted by Gasteiger charge is 2.23. The maximum absolute atomic E-state index is 13.6. The summed E-state index contributed by atoms with van der Waals surface area (Å²) in [5.41, 5.74) is 1.22. The summed E-state index contributed by atoms with van der Waals surface area (Å²) in [5, 5.41) is 5.18. The van der Waals surface area contributed by atoms with Gasteiger partial charge in [0.15, 0.2) is 11.5 Å². The van der Waals surface area contributed by atoms with Gasteiger partial charge in [0.2, 0.25) is 5.75 Å². The Hall–Kier alpha value is -2.87. The van der Waals surface area contributed by atoms with Crippen molar-refractivity contribution in [1.29, 1.82) is 0 Å². The molecule has 2 aromatic carbocycles. The predicted molar refractivity (Wildman–Crippen MR) is 147 cm³/mol. The van der Waals surface area contributed by atoms with Crippen molar-refractivity contribution in [1.82, 2.24) is 9.66 Å². The monoisotopic (exact) mass is 555 g/mol. The molecule has 192 valence electrons. The first kappa shape index (κ1) is 26.2. The number of rotatable bonds is 7. The zero-order valence-electron chi connectivity index (χ0n) is 21.6. The van der Waals surface area contributed by atoms with Crippen LogP contribution in [0.3, 0.4) is 0 Å². The fraction of sp³-hybridized carbons (Fsp3) is 0.464. The van der Waals surface area contributed by atoms with Crippen LogP contribution < -0.4 is 19.8 Å². The van der Waals surface area contributed by atoms with E-state index in [4.69, 9.17) is 19.2 Å². The number of nitrogens with zero attached hydrogens (tertiary/aromatic N) is 3. The van der Waals surface area contributed by atoms with Gasteiger partial charge >= 0.3 is 0 Å². The number of fused-ring (bicyclic) bond motifs is 1. The largest absolute Gasteiger partial charge is 0.493 e. The van der Waals surface area contributed by atoms with Crippen LogP contribution in [0.25, 0.3) is 10.9 Å². The van der Waals surface area contributed by atoms with Crippen molar-refractivity contribution in [3.05, 3.63) is 56.5 Å². The molecule has 8 heteroatoms. The van der Waals surface area contributed by atoms with Gasteiger partial charge in [-0.2, -0.15) is 9.78 Å². The summed E-state index contributed by atoms with van der Waals surface area (Å²) >= 11 is 3.47. The number of hydrogen-bond donors (Lipinski definition) is 0. The highest BCUT2D eigenvalue weighted by atomic mass is 79.9. The Morgan fingerprint density at radius 1 is 1.08 bits per heavy atom. The number of benzene rings is 2. The van der Waals surface area contributed by atoms with Crippen molar-refractivity contribution >= 4 is 33.0 Å². The maximum atomic E-state index is 13.6. The van der Waals surface area contributed by atoms with Crippen molar-refractivity contribution in [2.24, 2.45) is 10.5 Å². The predicted octanol–water partition coefficient (Wildman–Crippen LogP) is 6.53. The molecule has 1 aromatic heterocycles. The zero-order chi connectivity index (χ0) is 25.9. The molecule has 1 saturated carbocycles. The van der Waals surface area contributed by atoms with Gasteiger partial charge in [0, 0.05) is 16.0 Å². The summed E-state index contributed by atoms with van der Waals surface area (Å²) < 4.78 is 19.6. The van der Waals surface area contributed by atoms with Gasteiger partial charge in [0.25, 0.3) is 5.56 Å². The van der Waals surface area contributed by atoms with Crippen LogP contribution in [0, 0.1) is 5.41 Å². The summed E-state index contributed by atoms with van der Waals surface area (Å²) in [6.07, 6.45) is 7.14. The summed E-state index contributed by atoms with van der Waals surface area (Å²) in [6.45, 7) is 6.81. The van der Waals surface area contributed by atoms with Crippen LogP contribution >= 0.6 is 15.9 Å². The van der Waals surface area contributed by atoms with E-state index in [-0.39, 0.29) is 16.9 Å². The Labute approximate surface area is 220 Å². The van der Waals surface area contributed by atoms with Crippen molar-refractivity contribution in [3.63, 3.8) is 0 Å². The second-order valence-corrected chi connectivity index (χ2v) is 11.3. The molecule has 1 fully saturated rings. The Morgan fingerprint density at radius 2 is 1.75 bits per heavy atom. The Morgan fingerprint density at radius 3 is 2.36 bits per heavy atom. The molecule has 0 atom stereocenters. The second kappa shape index (κ2) is 11.0. The molecule has 0 N–H and O–H groups in total. The molecule has 0 amide bonds. The molecule has 1 aliphatic rings. The molecule has 1 aliphatic carbocycles. The first-order valence-electron chi connectivity index (χ1n) is 12.4. The number of aromatic nitrogens is 2. The van der Waals surface area contributed by atoms with Crippen LogP contribution in [0.2, 0.25) is 0 Å². The SMILES string of the molecule is COc1cc(C=Nn2c(C3CCCCC3)nc3ccc(Br)cc3c2=O)cc(OC)c1OCC(C)(C)C. The Kier molecular flexibility index (Phi) is 8.03. The van der Waals surface area contributed by atoms with Crippen LogP contribution in [0.4, 0.5) is 0 Å². The van der Waals surface area contributed by atoms with Gasteiger partial charge in [-0.15, -0.1) is 0 Å². The summed E-state index contributed by atoms with van der Waals surface area (Å²) in [4.78, 5) is 18.5. The second-order valence-electron chi connectivity index (χ2n) is 10.4. The van der Waals surface area contributed by atoms with E-state index in [1.807, 2.05) is 24.3 Å². The Balaban J connectivity index is 1.78. The van der Waals surface area contributed by atoms with Gasteiger partial charge in [-0.1, -0.05) is 56.0 Å². The van der Waals surface area contributed by atoms with Crippen LogP contribution in [0.5, 0.6) is 17.2 Å². The zero-order valence-corrected chi connectivity index (χ0v) is 23.2. The third-order valence-corrected chi connectivity index (χ3v) is 6.75. The standard InChI is InChI=1S/C28H34BrN3O4/c1-28(2,3)17-36-25-23(34-4)13-18(14-24(25)35-5)16-30-32-26(19-9-7-6-8-10-19)31-22-12-11-20(29)15-21(22)27(32)33/h11-16,19H,6-10,17H2,1-5H3. The Bertz CT molecular complexity index is 1300. The van der Waals surface area contributed by atoms with Crippen molar-refractivity contribution < 1.29 is 14.2 Å². The summed E-state index contributed by atoms with van der Waals surface area (Å²) in [5.74, 6) is 2.55. The average Bonchev–Trinajstić information content (AvgIpc) is 2.86. The molecular weight excluding hydrogens is 522 g/mol. The van der Waals surface area contributed by atoms with Crippen LogP contribution in [0.15, 0.2) is 44.7 Å². The van der Waals surface area contributed by atoms with E-state index in [9.17, 15) is 4.79 Å². The molecule has 0 aliphatic heterocycles. The van der Waals surface area contributed by atoms with E-state index in [1.54, 1.807) is 26.5 Å². The van der Waals surface area contributed by atoms with Gasteiger partial charge in [-0.25, -0.2) is 4.98 Å². The molecule has 0 spiro atoms. The normalized spacial score (nSPS) is 14.9. The lowest BCUT2D eigenvalue weighted by molar-refractivity contribution is 0.184. The minimum atomic E-state index is -0.179. The van der Waals surface area contributed by atoms with E-state index in [1.165, 1.54) is 11.1 Å². The average molecular weight is 557 g/mol. The van der Waals surface area contributed by atoms with Crippen LogP contribution in [-0.2, 0) is 0 Å². The molecule has 7 nitrogen and oxygen atoms in total. The van der Waals surface area contributed by atoms with Crippen LogP contribution in [0.1, 0.15) is 70.2 Å². The molecule has 0 unspecified atom stereocenters. The molecule has 3 aromatic rings. The quantitative estimate of drug-likeness (QED) is 0.310. The molecule has 0 saturated heterocycles. The highest BCUT2D eigenvalue weighted by Crippen LogP contribution is 2.39. The number of methoxy groups -OCH3 is 2. The van der Waals surface area contributed by atoms with Crippen molar-refractivity contribution in [3.8, 4) is 17.2 Å². The van der Waals surface area contributed by atoms with E-state index >= 15 is 0 Å². The van der Waals surface area contributed by atoms with Gasteiger partial charge in [-0.05, 0) is 48.6 Å². The van der Waals surface area contributed by atoms with E-state index in [0.717, 1.165) is 41.5 Å². The van der Waals surface area contributed by atoms with Gasteiger partial charge < -0.3 is 14.2 Å². The van der Waals surface area contributed by atoms with Gasteiger partial charge in [0.05, 0.1) is 37.9 Å². The molecule has 4 rings (SSSR count). The number of ether oxygens (including phenoxy) is 3. The number of halogens is 1. The first-order valence-corrected chi connectivity index (χ1v) is 13.1. The fourth-order valence-corrected chi connectivity index (χ4v) is 4.79. The summed E-state index contributed by atoms with van der Waals surface area (Å²) in [6, 6.07) is 9.26. The molecule has 0 radical (unpaired) electrons. The lowest BCUT2D eigenvalue weighted by Crippen LogP contribution is -2.25. The molecular formula is C28H34BrN3O4. The maximum Gasteiger partial charge on any atom is 0.282 e. The topological polar surface area (TPSA) is 74.9 Å². The van der Waals surface area contributed by atoms with E-state index in [2.05, 4.69) is 41.8 Å². The van der Waals surface area contributed by atoms with Crippen LogP contribution in [-0.4, -0.2) is 36.7 Å².